The van der Waals surface area contributed by atoms with E-state index in [0.717, 1.165) is 0 Å². The second-order valence-corrected chi connectivity index (χ2v) is 3.30. The van der Waals surface area contributed by atoms with E-state index in [4.69, 9.17) is 0 Å². The van der Waals surface area contributed by atoms with E-state index in [1.807, 2.05) is 0 Å². The Labute approximate surface area is 73.2 Å². The normalized spacial score (nSPS) is 26.5. The van der Waals surface area contributed by atoms with Crippen molar-refractivity contribution in [3.05, 3.63) is 47.2 Å². The van der Waals surface area contributed by atoms with Crippen molar-refractivity contribution >= 4 is 0 Å². The van der Waals surface area contributed by atoms with Crippen molar-refractivity contribution in [3.63, 3.8) is 0 Å². The van der Waals surface area contributed by atoms with Crippen LogP contribution in [0.1, 0.15) is 13.8 Å². The Kier molecular flexibility index (Phi) is 1.65. The van der Waals surface area contributed by atoms with Crippen LogP contribution in [0.15, 0.2) is 47.2 Å². The molecule has 2 aliphatic heterocycles. The van der Waals surface area contributed by atoms with Crippen LogP contribution in [0.5, 0.6) is 0 Å². The van der Waals surface area contributed by atoms with E-state index in [9.17, 15) is 0 Å². The van der Waals surface area contributed by atoms with Gasteiger partial charge in [-0.05, 0) is 31.1 Å². The molecule has 1 nitrogen and oxygen atoms in total. The molecule has 1 N–H and O–H groups in total. The Morgan fingerprint density at radius 3 is 2.92 bits per heavy atom. The minimum atomic E-state index is 0.388. The van der Waals surface area contributed by atoms with Crippen LogP contribution < -0.4 is 5.32 Å². The summed E-state index contributed by atoms with van der Waals surface area (Å²) in [4.78, 5) is 0. The highest BCUT2D eigenvalue weighted by Gasteiger charge is 2.13. The van der Waals surface area contributed by atoms with Crippen molar-refractivity contribution in [3.8, 4) is 0 Å². The van der Waals surface area contributed by atoms with Gasteiger partial charge in [0.05, 0.1) is 6.04 Å². The molecule has 0 saturated heterocycles. The monoisotopic (exact) mass is 159 g/mol. The fraction of sp³-hybridized carbons (Fsp3) is 0.273. The molecule has 1 heteroatoms. The average molecular weight is 159 g/mol. The van der Waals surface area contributed by atoms with Crippen molar-refractivity contribution in [2.24, 2.45) is 0 Å². The van der Waals surface area contributed by atoms with Crippen molar-refractivity contribution in [1.82, 2.24) is 5.32 Å². The molecule has 2 aliphatic rings. The highest BCUT2D eigenvalue weighted by Crippen LogP contribution is 2.21. The first-order valence-electron chi connectivity index (χ1n) is 4.28. The second kappa shape index (κ2) is 2.67. The number of dihydropyridines is 1. The highest BCUT2D eigenvalue weighted by molar-refractivity contribution is 5.44. The molecule has 2 bridgehead atoms. The van der Waals surface area contributed by atoms with Crippen molar-refractivity contribution in [1.29, 1.82) is 0 Å². The Balaban J connectivity index is 2.48. The number of allylic oxidation sites excluding steroid dienone is 5. The molecule has 0 saturated carbocycles. The molecule has 0 fully saturated rings. The van der Waals surface area contributed by atoms with Gasteiger partial charge in [0, 0.05) is 5.70 Å². The van der Waals surface area contributed by atoms with Gasteiger partial charge in [-0.2, -0.15) is 0 Å². The summed E-state index contributed by atoms with van der Waals surface area (Å²) in [6.07, 6.45) is 10.7. The van der Waals surface area contributed by atoms with Crippen LogP contribution in [0.3, 0.4) is 0 Å². The summed E-state index contributed by atoms with van der Waals surface area (Å²) in [5, 5.41) is 3.43. The van der Waals surface area contributed by atoms with E-state index >= 15 is 0 Å². The molecule has 0 aliphatic carbocycles. The molecule has 0 aromatic heterocycles. The molecular weight excluding hydrogens is 146 g/mol. The first-order chi connectivity index (χ1) is 5.77. The maximum absolute atomic E-state index is 3.43. The molecule has 1 unspecified atom stereocenters. The van der Waals surface area contributed by atoms with Crippen molar-refractivity contribution < 1.29 is 0 Å². The fourth-order valence-corrected chi connectivity index (χ4v) is 1.55. The maximum atomic E-state index is 3.43. The largest absolute Gasteiger partial charge is 0.375 e. The predicted octanol–water partition coefficient (Wildman–Crippen LogP) is 2.30. The van der Waals surface area contributed by atoms with Crippen LogP contribution in [0, 0.1) is 0 Å². The van der Waals surface area contributed by atoms with Crippen molar-refractivity contribution in [2.75, 3.05) is 0 Å². The van der Waals surface area contributed by atoms with Crippen LogP contribution >= 0.6 is 0 Å². The summed E-state index contributed by atoms with van der Waals surface area (Å²) >= 11 is 0. The number of rotatable bonds is 0. The van der Waals surface area contributed by atoms with E-state index in [2.05, 4.69) is 49.5 Å². The molecule has 0 radical (unpaired) electrons. The van der Waals surface area contributed by atoms with Crippen LogP contribution in [-0.2, 0) is 0 Å². The number of hydrogen-bond acceptors (Lipinski definition) is 1. The molecule has 0 aromatic carbocycles. The van der Waals surface area contributed by atoms with E-state index in [0.29, 0.717) is 6.04 Å². The average Bonchev–Trinajstić information content (AvgIpc) is 2.24. The van der Waals surface area contributed by atoms with Gasteiger partial charge in [0.1, 0.15) is 0 Å². The molecule has 2 rings (SSSR count). The molecule has 0 amide bonds. The van der Waals surface area contributed by atoms with Gasteiger partial charge in [-0.15, -0.1) is 0 Å². The van der Waals surface area contributed by atoms with E-state index in [-0.39, 0.29) is 0 Å². The van der Waals surface area contributed by atoms with Crippen LogP contribution in [-0.4, -0.2) is 6.04 Å². The van der Waals surface area contributed by atoms with E-state index < -0.39 is 0 Å². The lowest BCUT2D eigenvalue weighted by Gasteiger charge is -2.21. The molecule has 2 heterocycles. The quantitative estimate of drug-likeness (QED) is 0.572. The zero-order chi connectivity index (χ0) is 8.55. The standard InChI is InChI=1S/C11H13N/c1-8-7-10-5-3-4-6-11(12-10)9(8)2/h3-7,10,12H,1-2H3. The number of fused-ring (bicyclic) bond motifs is 2. The Bertz CT molecular complexity index is 316. The summed E-state index contributed by atoms with van der Waals surface area (Å²) in [7, 11) is 0. The molecule has 0 spiro atoms. The lowest BCUT2D eigenvalue weighted by Crippen LogP contribution is -2.27. The summed E-state index contributed by atoms with van der Waals surface area (Å²) in [6.45, 7) is 4.32. The summed E-state index contributed by atoms with van der Waals surface area (Å²) in [5.41, 5.74) is 3.99. The van der Waals surface area contributed by atoms with Gasteiger partial charge in [-0.1, -0.05) is 24.3 Å². The first-order valence-corrected chi connectivity index (χ1v) is 4.28. The molecule has 1 atom stereocenters. The zero-order valence-electron chi connectivity index (χ0n) is 7.46. The van der Waals surface area contributed by atoms with Gasteiger partial charge in [-0.3, -0.25) is 0 Å². The number of nitrogens with one attached hydrogen (secondary N) is 1. The smallest absolute Gasteiger partial charge is 0.0637 e. The third-order valence-electron chi connectivity index (χ3n) is 2.44. The van der Waals surface area contributed by atoms with Gasteiger partial charge in [0.2, 0.25) is 0 Å². The fourth-order valence-electron chi connectivity index (χ4n) is 1.55. The SMILES string of the molecule is CC1=CC2C=CC=CC(=C1C)N2. The van der Waals surface area contributed by atoms with Gasteiger partial charge < -0.3 is 5.32 Å². The third-order valence-corrected chi connectivity index (χ3v) is 2.44. The van der Waals surface area contributed by atoms with Gasteiger partial charge in [0.15, 0.2) is 0 Å². The minimum absolute atomic E-state index is 0.388. The lowest BCUT2D eigenvalue weighted by atomic mass is 10.0. The lowest BCUT2D eigenvalue weighted by molar-refractivity contribution is 0.776. The van der Waals surface area contributed by atoms with Gasteiger partial charge in [0.25, 0.3) is 0 Å². The predicted molar refractivity (Wildman–Crippen MR) is 51.7 cm³/mol. The molecule has 62 valence electrons. The summed E-state index contributed by atoms with van der Waals surface area (Å²) < 4.78 is 0. The Hall–Kier alpha value is -1.24. The van der Waals surface area contributed by atoms with Crippen LogP contribution in [0.25, 0.3) is 0 Å². The summed E-state index contributed by atoms with van der Waals surface area (Å²) in [5.74, 6) is 0. The first kappa shape index (κ1) is 7.41. The van der Waals surface area contributed by atoms with Gasteiger partial charge >= 0.3 is 0 Å². The Morgan fingerprint density at radius 1 is 1.25 bits per heavy atom. The highest BCUT2D eigenvalue weighted by atomic mass is 14.9. The third kappa shape index (κ3) is 1.11. The topological polar surface area (TPSA) is 12.0 Å². The number of hydrogen-bond donors (Lipinski definition) is 1. The maximum Gasteiger partial charge on any atom is 0.0637 e. The van der Waals surface area contributed by atoms with Crippen molar-refractivity contribution in [2.45, 2.75) is 19.9 Å². The molecular formula is C11H13N. The van der Waals surface area contributed by atoms with E-state index in [1.165, 1.54) is 16.8 Å². The van der Waals surface area contributed by atoms with E-state index in [1.54, 1.807) is 0 Å². The Morgan fingerprint density at radius 2 is 2.08 bits per heavy atom. The minimum Gasteiger partial charge on any atom is -0.375 e. The van der Waals surface area contributed by atoms with Gasteiger partial charge in [-0.25, -0.2) is 0 Å². The zero-order valence-corrected chi connectivity index (χ0v) is 7.46. The molecule has 12 heavy (non-hydrogen) atoms. The molecule has 0 aromatic rings. The van der Waals surface area contributed by atoms with Crippen LogP contribution in [0.4, 0.5) is 0 Å². The second-order valence-electron chi connectivity index (χ2n) is 3.30. The van der Waals surface area contributed by atoms with Crippen LogP contribution in [0.2, 0.25) is 0 Å². The summed E-state index contributed by atoms with van der Waals surface area (Å²) in [6, 6.07) is 0.388.